The second-order valence-electron chi connectivity index (χ2n) is 7.24. The molecule has 1 N–H and O–H groups in total. The zero-order valence-corrected chi connectivity index (χ0v) is 17.7. The molecule has 0 aliphatic heterocycles. The molecule has 0 unspecified atom stereocenters. The van der Waals surface area contributed by atoms with Crippen LogP contribution in [0.2, 0.25) is 5.02 Å². The molecular formula is C24H21ClN4O. The molecule has 0 atom stereocenters. The number of benzene rings is 3. The molecular weight excluding hydrogens is 396 g/mol. The lowest BCUT2D eigenvalue weighted by atomic mass is 10.1. The number of rotatable bonds is 4. The van der Waals surface area contributed by atoms with Crippen molar-refractivity contribution >= 4 is 23.2 Å². The zero-order chi connectivity index (χ0) is 21.3. The predicted octanol–water partition coefficient (Wildman–Crippen LogP) is 5.77. The summed E-state index contributed by atoms with van der Waals surface area (Å²) in [5.74, 6) is 0.294. The van der Waals surface area contributed by atoms with Crippen LogP contribution in [-0.4, -0.2) is 20.7 Å². The Morgan fingerprint density at radius 1 is 0.933 bits per heavy atom. The summed E-state index contributed by atoms with van der Waals surface area (Å²) in [5, 5.41) is 8.05. The van der Waals surface area contributed by atoms with E-state index >= 15 is 0 Å². The van der Waals surface area contributed by atoms with Gasteiger partial charge in [-0.15, -0.1) is 5.10 Å². The molecule has 4 rings (SSSR count). The Hall–Kier alpha value is -3.44. The van der Waals surface area contributed by atoms with E-state index in [0.717, 1.165) is 33.6 Å². The van der Waals surface area contributed by atoms with Crippen molar-refractivity contribution in [3.63, 3.8) is 0 Å². The van der Waals surface area contributed by atoms with Crippen LogP contribution < -0.4 is 5.32 Å². The van der Waals surface area contributed by atoms with Gasteiger partial charge in [-0.3, -0.25) is 4.79 Å². The van der Waals surface area contributed by atoms with Crippen LogP contribution in [0.25, 0.3) is 17.1 Å². The van der Waals surface area contributed by atoms with E-state index in [-0.39, 0.29) is 11.7 Å². The average Bonchev–Trinajstić information content (AvgIpc) is 3.18. The van der Waals surface area contributed by atoms with Gasteiger partial charge in [-0.1, -0.05) is 65.7 Å². The fourth-order valence-corrected chi connectivity index (χ4v) is 3.38. The van der Waals surface area contributed by atoms with E-state index < -0.39 is 0 Å². The van der Waals surface area contributed by atoms with Crippen LogP contribution in [0, 0.1) is 20.8 Å². The van der Waals surface area contributed by atoms with E-state index in [2.05, 4.69) is 15.4 Å². The lowest BCUT2D eigenvalue weighted by Crippen LogP contribution is -2.15. The SMILES string of the molecule is Cc1ccc(NC(=O)c2nc(-c3ccccc3)n(-c3ccc(C)c(Cl)c3)n2)c(C)c1. The minimum Gasteiger partial charge on any atom is -0.319 e. The first-order valence-electron chi connectivity index (χ1n) is 9.60. The fourth-order valence-electron chi connectivity index (χ4n) is 3.21. The standard InChI is InChI=1S/C24H21ClN4O/c1-15-9-12-21(17(3)13-15)26-24(30)22-27-23(18-7-5-4-6-8-18)29(28-22)19-11-10-16(2)20(25)14-19/h4-14H,1-3H3,(H,26,30). The van der Waals surface area contributed by atoms with Gasteiger partial charge in [0, 0.05) is 16.3 Å². The maximum absolute atomic E-state index is 12.9. The first kappa shape index (κ1) is 19.9. The first-order chi connectivity index (χ1) is 14.4. The Balaban J connectivity index is 1.76. The van der Waals surface area contributed by atoms with E-state index in [0.29, 0.717) is 10.8 Å². The van der Waals surface area contributed by atoms with Gasteiger partial charge in [-0.2, -0.15) is 0 Å². The third kappa shape index (κ3) is 3.98. The molecule has 1 heterocycles. The van der Waals surface area contributed by atoms with Crippen LogP contribution in [0.5, 0.6) is 0 Å². The maximum atomic E-state index is 12.9. The normalized spacial score (nSPS) is 10.8. The van der Waals surface area contributed by atoms with Gasteiger partial charge in [-0.05, 0) is 50.1 Å². The van der Waals surface area contributed by atoms with Crippen LogP contribution in [0.3, 0.4) is 0 Å². The van der Waals surface area contributed by atoms with Crippen LogP contribution in [-0.2, 0) is 0 Å². The molecule has 1 aromatic heterocycles. The summed E-state index contributed by atoms with van der Waals surface area (Å²) >= 11 is 6.33. The summed E-state index contributed by atoms with van der Waals surface area (Å²) in [6.45, 7) is 5.91. The van der Waals surface area contributed by atoms with Gasteiger partial charge in [0.15, 0.2) is 5.82 Å². The molecule has 0 fully saturated rings. The van der Waals surface area contributed by atoms with Crippen LogP contribution >= 0.6 is 11.6 Å². The quantitative estimate of drug-likeness (QED) is 0.459. The monoisotopic (exact) mass is 416 g/mol. The molecule has 0 aliphatic carbocycles. The molecule has 5 nitrogen and oxygen atoms in total. The fraction of sp³-hybridized carbons (Fsp3) is 0.125. The van der Waals surface area contributed by atoms with Crippen LogP contribution in [0.1, 0.15) is 27.3 Å². The molecule has 0 radical (unpaired) electrons. The van der Waals surface area contributed by atoms with Gasteiger partial charge in [0.1, 0.15) is 0 Å². The van der Waals surface area contributed by atoms with Gasteiger partial charge < -0.3 is 5.32 Å². The number of halogens is 1. The Bertz CT molecular complexity index is 1230. The van der Waals surface area contributed by atoms with E-state index in [1.54, 1.807) is 4.68 Å². The highest BCUT2D eigenvalue weighted by Gasteiger charge is 2.19. The first-order valence-corrected chi connectivity index (χ1v) is 9.98. The number of hydrogen-bond donors (Lipinski definition) is 1. The highest BCUT2D eigenvalue weighted by atomic mass is 35.5. The summed E-state index contributed by atoms with van der Waals surface area (Å²) in [4.78, 5) is 17.5. The van der Waals surface area contributed by atoms with Gasteiger partial charge in [0.2, 0.25) is 5.82 Å². The molecule has 0 saturated carbocycles. The minimum atomic E-state index is -0.365. The third-order valence-corrected chi connectivity index (χ3v) is 5.28. The summed E-state index contributed by atoms with van der Waals surface area (Å²) in [6.07, 6.45) is 0. The summed E-state index contributed by atoms with van der Waals surface area (Å²) in [6, 6.07) is 21.2. The zero-order valence-electron chi connectivity index (χ0n) is 17.0. The predicted molar refractivity (Wildman–Crippen MR) is 120 cm³/mol. The van der Waals surface area contributed by atoms with E-state index in [1.807, 2.05) is 87.5 Å². The summed E-state index contributed by atoms with van der Waals surface area (Å²) in [5.41, 5.74) is 5.41. The second kappa shape index (κ2) is 8.13. The molecule has 0 spiro atoms. The van der Waals surface area contributed by atoms with Crippen molar-refractivity contribution in [1.29, 1.82) is 0 Å². The molecule has 1 amide bonds. The summed E-state index contributed by atoms with van der Waals surface area (Å²) in [7, 11) is 0. The van der Waals surface area contributed by atoms with E-state index in [4.69, 9.17) is 11.6 Å². The minimum absolute atomic E-state index is 0.0884. The molecule has 4 aromatic rings. The number of hydrogen-bond acceptors (Lipinski definition) is 3. The van der Waals surface area contributed by atoms with Crippen molar-refractivity contribution in [3.8, 4) is 17.1 Å². The number of amides is 1. The van der Waals surface area contributed by atoms with E-state index in [9.17, 15) is 4.79 Å². The smallest absolute Gasteiger partial charge is 0.295 e. The molecule has 3 aromatic carbocycles. The number of nitrogens with zero attached hydrogens (tertiary/aromatic N) is 3. The largest absolute Gasteiger partial charge is 0.319 e. The Kier molecular flexibility index (Phi) is 5.38. The summed E-state index contributed by atoms with van der Waals surface area (Å²) < 4.78 is 1.65. The van der Waals surface area contributed by atoms with Gasteiger partial charge >= 0.3 is 0 Å². The highest BCUT2D eigenvalue weighted by Crippen LogP contribution is 2.25. The Morgan fingerprint density at radius 2 is 1.70 bits per heavy atom. The average molecular weight is 417 g/mol. The molecule has 30 heavy (non-hydrogen) atoms. The van der Waals surface area contributed by atoms with Crippen molar-refractivity contribution < 1.29 is 4.79 Å². The van der Waals surface area contributed by atoms with Gasteiger partial charge in [0.25, 0.3) is 5.91 Å². The van der Waals surface area contributed by atoms with Gasteiger partial charge in [-0.25, -0.2) is 9.67 Å². The molecule has 150 valence electrons. The topological polar surface area (TPSA) is 59.8 Å². The Labute approximate surface area is 180 Å². The number of carbonyl (C=O) groups is 1. The lowest BCUT2D eigenvalue weighted by molar-refractivity contribution is 0.101. The van der Waals surface area contributed by atoms with Crippen molar-refractivity contribution in [2.45, 2.75) is 20.8 Å². The number of anilines is 1. The van der Waals surface area contributed by atoms with Crippen molar-refractivity contribution in [3.05, 3.63) is 94.3 Å². The number of aryl methyl sites for hydroxylation is 3. The number of carbonyl (C=O) groups excluding carboxylic acids is 1. The highest BCUT2D eigenvalue weighted by molar-refractivity contribution is 6.31. The lowest BCUT2D eigenvalue weighted by Gasteiger charge is -2.08. The van der Waals surface area contributed by atoms with Crippen LogP contribution in [0.15, 0.2) is 66.7 Å². The molecule has 0 bridgehead atoms. The molecule has 0 saturated heterocycles. The molecule has 6 heteroatoms. The molecule has 0 aliphatic rings. The van der Waals surface area contributed by atoms with Crippen LogP contribution in [0.4, 0.5) is 5.69 Å². The number of aromatic nitrogens is 3. The van der Waals surface area contributed by atoms with E-state index in [1.165, 1.54) is 0 Å². The van der Waals surface area contributed by atoms with Crippen molar-refractivity contribution in [1.82, 2.24) is 14.8 Å². The maximum Gasteiger partial charge on any atom is 0.295 e. The second-order valence-corrected chi connectivity index (χ2v) is 7.65. The van der Waals surface area contributed by atoms with Gasteiger partial charge in [0.05, 0.1) is 5.69 Å². The third-order valence-electron chi connectivity index (χ3n) is 4.87. The van der Waals surface area contributed by atoms with Crippen molar-refractivity contribution in [2.24, 2.45) is 0 Å². The Morgan fingerprint density at radius 3 is 2.40 bits per heavy atom. The van der Waals surface area contributed by atoms with Crippen molar-refractivity contribution in [2.75, 3.05) is 5.32 Å². The number of nitrogens with one attached hydrogen (secondary N) is 1.